The van der Waals surface area contributed by atoms with E-state index >= 15 is 0 Å². The van der Waals surface area contributed by atoms with Gasteiger partial charge in [0.2, 0.25) is 5.91 Å². The predicted molar refractivity (Wildman–Crippen MR) is 84.4 cm³/mol. The molecule has 0 radical (unpaired) electrons. The third kappa shape index (κ3) is 5.57. The summed E-state index contributed by atoms with van der Waals surface area (Å²) in [6.07, 6.45) is 3.67. The number of ketones is 1. The molecular formula is C16H26N4O3. The average molecular weight is 322 g/mol. The number of nitrogens with zero attached hydrogens (tertiary/aromatic N) is 2. The lowest BCUT2D eigenvalue weighted by Crippen LogP contribution is -2.47. The van der Waals surface area contributed by atoms with Gasteiger partial charge in [0, 0.05) is 25.6 Å². The van der Waals surface area contributed by atoms with Crippen molar-refractivity contribution in [3.05, 3.63) is 0 Å². The van der Waals surface area contributed by atoms with Gasteiger partial charge >= 0.3 is 0 Å². The second kappa shape index (κ2) is 8.96. The average Bonchev–Trinajstić information content (AvgIpc) is 2.55. The summed E-state index contributed by atoms with van der Waals surface area (Å²) in [6.45, 7) is 3.02. The Kier molecular flexibility index (Phi) is 6.96. The topological polar surface area (TPSA) is 108 Å². The number of hydrogen-bond acceptors (Lipinski definition) is 6. The highest BCUT2D eigenvalue weighted by molar-refractivity contribution is 5.84. The zero-order chi connectivity index (χ0) is 16.7. The fraction of sp³-hybridized carbons (Fsp3) is 0.812. The van der Waals surface area contributed by atoms with Crippen LogP contribution >= 0.6 is 0 Å². The van der Waals surface area contributed by atoms with Crippen molar-refractivity contribution in [2.24, 2.45) is 11.7 Å². The lowest BCUT2D eigenvalue weighted by atomic mass is 9.84. The van der Waals surface area contributed by atoms with Gasteiger partial charge in [-0.25, -0.2) is 0 Å². The molecule has 0 bridgehead atoms. The number of nitrogens with two attached hydrogens (primary N) is 1. The molecule has 7 nitrogen and oxygen atoms in total. The van der Waals surface area contributed by atoms with Gasteiger partial charge in [0.15, 0.2) is 0 Å². The van der Waals surface area contributed by atoms with Gasteiger partial charge in [-0.2, -0.15) is 5.26 Å². The molecule has 3 N–H and O–H groups in total. The van der Waals surface area contributed by atoms with E-state index in [0.29, 0.717) is 19.8 Å². The van der Waals surface area contributed by atoms with Crippen molar-refractivity contribution in [1.82, 2.24) is 10.2 Å². The first kappa shape index (κ1) is 17.9. The van der Waals surface area contributed by atoms with Crippen LogP contribution in [0.1, 0.15) is 32.1 Å². The number of carbonyl (C=O) groups excluding carboxylic acids is 2. The Balaban J connectivity index is 1.78. The monoisotopic (exact) mass is 322 g/mol. The van der Waals surface area contributed by atoms with Crippen LogP contribution in [0, 0.1) is 17.2 Å². The molecule has 1 saturated heterocycles. The highest BCUT2D eigenvalue weighted by Gasteiger charge is 2.30. The molecule has 1 heterocycles. The SMILES string of the molecule is N#C[C@H](CC(=O)CN1CCOCC1)NC(=O)[C@@H]1CCCC[C@@H]1N. The Morgan fingerprint density at radius 3 is 2.65 bits per heavy atom. The number of carbonyl (C=O) groups is 2. The van der Waals surface area contributed by atoms with E-state index in [2.05, 4.69) is 5.32 Å². The first-order valence-corrected chi connectivity index (χ1v) is 8.37. The number of morpholine rings is 1. The minimum atomic E-state index is -0.773. The summed E-state index contributed by atoms with van der Waals surface area (Å²) in [5.41, 5.74) is 5.99. The van der Waals surface area contributed by atoms with E-state index in [4.69, 9.17) is 10.5 Å². The lowest BCUT2D eigenvalue weighted by molar-refractivity contribution is -0.127. The number of Topliss-reactive ketones (excluding diaryl/α,β-unsaturated/α-hetero) is 1. The Hall–Kier alpha value is -1.49. The maximum atomic E-state index is 12.3. The molecule has 1 aliphatic heterocycles. The van der Waals surface area contributed by atoms with Crippen LogP contribution in [0.2, 0.25) is 0 Å². The van der Waals surface area contributed by atoms with Crippen LogP contribution in [0.3, 0.4) is 0 Å². The summed E-state index contributed by atoms with van der Waals surface area (Å²) in [5.74, 6) is -0.469. The van der Waals surface area contributed by atoms with Gasteiger partial charge in [-0.3, -0.25) is 14.5 Å². The summed E-state index contributed by atoms with van der Waals surface area (Å²) >= 11 is 0. The number of ether oxygens (including phenoxy) is 1. The van der Waals surface area contributed by atoms with E-state index in [1.807, 2.05) is 11.0 Å². The molecule has 23 heavy (non-hydrogen) atoms. The van der Waals surface area contributed by atoms with Crippen molar-refractivity contribution in [2.45, 2.75) is 44.2 Å². The smallest absolute Gasteiger partial charge is 0.225 e. The number of amides is 1. The number of nitriles is 1. The Morgan fingerprint density at radius 2 is 2.00 bits per heavy atom. The van der Waals surface area contributed by atoms with Gasteiger partial charge in [0.05, 0.1) is 31.7 Å². The molecule has 0 spiro atoms. The Morgan fingerprint density at radius 1 is 1.30 bits per heavy atom. The number of nitrogens with one attached hydrogen (secondary N) is 1. The quantitative estimate of drug-likeness (QED) is 0.701. The van der Waals surface area contributed by atoms with E-state index in [1.165, 1.54) is 0 Å². The Labute approximate surface area is 137 Å². The molecule has 2 fully saturated rings. The third-order valence-electron chi connectivity index (χ3n) is 4.56. The highest BCUT2D eigenvalue weighted by Crippen LogP contribution is 2.23. The molecule has 7 heteroatoms. The zero-order valence-corrected chi connectivity index (χ0v) is 13.5. The molecule has 128 valence electrons. The van der Waals surface area contributed by atoms with Crippen molar-refractivity contribution in [3.8, 4) is 6.07 Å². The van der Waals surface area contributed by atoms with E-state index in [1.54, 1.807) is 0 Å². The van der Waals surface area contributed by atoms with E-state index < -0.39 is 6.04 Å². The minimum absolute atomic E-state index is 0.0355. The van der Waals surface area contributed by atoms with Gasteiger partial charge in [0.25, 0.3) is 0 Å². The molecule has 1 aliphatic carbocycles. The first-order valence-electron chi connectivity index (χ1n) is 8.37. The largest absolute Gasteiger partial charge is 0.379 e. The molecule has 1 amide bonds. The summed E-state index contributed by atoms with van der Waals surface area (Å²) in [4.78, 5) is 26.4. The highest BCUT2D eigenvalue weighted by atomic mass is 16.5. The molecule has 0 aromatic carbocycles. The van der Waals surface area contributed by atoms with Crippen molar-refractivity contribution in [2.75, 3.05) is 32.8 Å². The van der Waals surface area contributed by atoms with Crippen LogP contribution in [-0.2, 0) is 14.3 Å². The standard InChI is InChI=1S/C16H26N4O3/c17-10-12(9-13(21)11-20-5-7-23-8-6-20)19-16(22)14-3-1-2-4-15(14)18/h12,14-15H,1-9,11,18H2,(H,19,22)/t12-,14+,15-/m0/s1. The van der Waals surface area contributed by atoms with Gasteiger partial charge in [-0.1, -0.05) is 12.8 Å². The molecule has 2 aliphatic rings. The van der Waals surface area contributed by atoms with E-state index in [0.717, 1.165) is 38.8 Å². The fourth-order valence-electron chi connectivity index (χ4n) is 3.19. The van der Waals surface area contributed by atoms with Crippen LogP contribution < -0.4 is 11.1 Å². The normalized spacial score (nSPS) is 27.0. The summed E-state index contributed by atoms with van der Waals surface area (Å²) < 4.78 is 5.24. The fourth-order valence-corrected chi connectivity index (χ4v) is 3.19. The van der Waals surface area contributed by atoms with E-state index in [-0.39, 0.29) is 30.1 Å². The third-order valence-corrected chi connectivity index (χ3v) is 4.56. The molecule has 0 aromatic heterocycles. The van der Waals surface area contributed by atoms with Gasteiger partial charge < -0.3 is 15.8 Å². The molecule has 0 unspecified atom stereocenters. The molecule has 2 rings (SSSR count). The van der Waals surface area contributed by atoms with Crippen LogP contribution in [0.25, 0.3) is 0 Å². The van der Waals surface area contributed by atoms with Crippen molar-refractivity contribution < 1.29 is 14.3 Å². The van der Waals surface area contributed by atoms with Crippen LogP contribution in [0.4, 0.5) is 0 Å². The van der Waals surface area contributed by atoms with Crippen LogP contribution in [-0.4, -0.2) is 61.5 Å². The van der Waals surface area contributed by atoms with Gasteiger partial charge in [0.1, 0.15) is 11.8 Å². The summed E-state index contributed by atoms with van der Waals surface area (Å²) in [7, 11) is 0. The van der Waals surface area contributed by atoms with Crippen molar-refractivity contribution >= 4 is 11.7 Å². The Bertz CT molecular complexity index is 457. The number of hydrogen-bond donors (Lipinski definition) is 2. The van der Waals surface area contributed by atoms with Crippen molar-refractivity contribution in [1.29, 1.82) is 5.26 Å². The van der Waals surface area contributed by atoms with Gasteiger partial charge in [-0.05, 0) is 12.8 Å². The van der Waals surface area contributed by atoms with Crippen LogP contribution in [0.15, 0.2) is 0 Å². The molecule has 0 aromatic rings. The first-order chi connectivity index (χ1) is 11.1. The van der Waals surface area contributed by atoms with Crippen molar-refractivity contribution in [3.63, 3.8) is 0 Å². The zero-order valence-electron chi connectivity index (χ0n) is 13.5. The lowest BCUT2D eigenvalue weighted by Gasteiger charge is -2.28. The van der Waals surface area contributed by atoms with Gasteiger partial charge in [-0.15, -0.1) is 0 Å². The second-order valence-corrected chi connectivity index (χ2v) is 6.38. The van der Waals surface area contributed by atoms with Crippen LogP contribution in [0.5, 0.6) is 0 Å². The van der Waals surface area contributed by atoms with E-state index in [9.17, 15) is 14.9 Å². The number of rotatable bonds is 6. The minimum Gasteiger partial charge on any atom is -0.379 e. The predicted octanol–water partition coefficient (Wildman–Crippen LogP) is -0.196. The molecule has 3 atom stereocenters. The second-order valence-electron chi connectivity index (χ2n) is 6.38. The molecule has 1 saturated carbocycles. The maximum Gasteiger partial charge on any atom is 0.225 e. The maximum absolute atomic E-state index is 12.3. The summed E-state index contributed by atoms with van der Waals surface area (Å²) in [6, 6.07) is 1.10. The summed E-state index contributed by atoms with van der Waals surface area (Å²) in [5, 5.41) is 11.9. The molecular weight excluding hydrogens is 296 g/mol.